The number of esters is 1. The summed E-state index contributed by atoms with van der Waals surface area (Å²) in [7, 11) is 1.46. The van der Waals surface area contributed by atoms with Crippen molar-refractivity contribution in [2.75, 3.05) is 26.9 Å². The van der Waals surface area contributed by atoms with Gasteiger partial charge in [-0.15, -0.1) is 0 Å². The van der Waals surface area contributed by atoms with Crippen LogP contribution in [0.4, 0.5) is 0 Å². The van der Waals surface area contributed by atoms with Crippen molar-refractivity contribution >= 4 is 5.97 Å². The van der Waals surface area contributed by atoms with E-state index in [-0.39, 0.29) is 18.2 Å². The molecule has 21 heavy (non-hydrogen) atoms. The van der Waals surface area contributed by atoms with Crippen LogP contribution in [-0.4, -0.2) is 50.6 Å². The maximum Gasteiger partial charge on any atom is 0.326 e. The van der Waals surface area contributed by atoms with Gasteiger partial charge in [0.15, 0.2) is 0 Å². The number of methoxy groups -OCH3 is 1. The Morgan fingerprint density at radius 3 is 2.90 bits per heavy atom. The Morgan fingerprint density at radius 1 is 1.38 bits per heavy atom. The first kappa shape index (κ1) is 16.7. The smallest absolute Gasteiger partial charge is 0.326 e. The van der Waals surface area contributed by atoms with Crippen molar-refractivity contribution in [2.45, 2.75) is 69.6 Å². The first-order valence-corrected chi connectivity index (χ1v) is 8.27. The minimum atomic E-state index is -0.553. The Balaban J connectivity index is 1.82. The summed E-state index contributed by atoms with van der Waals surface area (Å²) in [5.41, 5.74) is -0.553. The molecule has 0 radical (unpaired) electrons. The minimum Gasteiger partial charge on any atom is -0.468 e. The van der Waals surface area contributed by atoms with Crippen LogP contribution in [0.2, 0.25) is 0 Å². The van der Waals surface area contributed by atoms with E-state index in [1.165, 1.54) is 13.5 Å². The molecule has 1 saturated heterocycles. The number of nitrogens with one attached hydrogen (secondary N) is 1. The zero-order chi connectivity index (χ0) is 15.1. The zero-order valence-corrected chi connectivity index (χ0v) is 13.4. The van der Waals surface area contributed by atoms with Crippen molar-refractivity contribution in [1.82, 2.24) is 5.32 Å². The van der Waals surface area contributed by atoms with Gasteiger partial charge < -0.3 is 19.5 Å². The third-order valence-electron chi connectivity index (χ3n) is 4.55. The quantitative estimate of drug-likeness (QED) is 0.729. The fourth-order valence-electron chi connectivity index (χ4n) is 3.30. The van der Waals surface area contributed by atoms with Crippen LogP contribution >= 0.6 is 0 Å². The van der Waals surface area contributed by atoms with Gasteiger partial charge >= 0.3 is 5.97 Å². The van der Waals surface area contributed by atoms with E-state index in [0.29, 0.717) is 13.0 Å². The van der Waals surface area contributed by atoms with Crippen molar-refractivity contribution in [3.05, 3.63) is 0 Å². The highest BCUT2D eigenvalue weighted by Gasteiger charge is 2.46. The van der Waals surface area contributed by atoms with Gasteiger partial charge in [0.25, 0.3) is 0 Å². The molecule has 3 unspecified atom stereocenters. The minimum absolute atomic E-state index is 0.124. The van der Waals surface area contributed by atoms with Crippen molar-refractivity contribution in [2.24, 2.45) is 0 Å². The molecule has 0 aromatic rings. The largest absolute Gasteiger partial charge is 0.468 e. The molecule has 0 bridgehead atoms. The van der Waals surface area contributed by atoms with Gasteiger partial charge in [0.1, 0.15) is 5.54 Å². The third-order valence-corrected chi connectivity index (χ3v) is 4.55. The summed E-state index contributed by atoms with van der Waals surface area (Å²) in [6, 6.07) is 0. The SMILES string of the molecule is CCCNC1(C(=O)OC)CCC(OCC2CCCCO2)C1. The van der Waals surface area contributed by atoms with E-state index in [9.17, 15) is 4.79 Å². The van der Waals surface area contributed by atoms with Crippen LogP contribution in [0.25, 0.3) is 0 Å². The van der Waals surface area contributed by atoms with Crippen LogP contribution in [-0.2, 0) is 19.0 Å². The summed E-state index contributed by atoms with van der Waals surface area (Å²) in [6.45, 7) is 4.42. The average Bonchev–Trinajstić information content (AvgIpc) is 2.96. The van der Waals surface area contributed by atoms with E-state index < -0.39 is 5.54 Å². The lowest BCUT2D eigenvalue weighted by atomic mass is 9.97. The van der Waals surface area contributed by atoms with E-state index in [1.807, 2.05) is 0 Å². The standard InChI is InChI=1S/C16H29NO4/c1-3-9-17-16(15(18)19-2)8-7-13(11-16)21-12-14-6-4-5-10-20-14/h13-14,17H,3-12H2,1-2H3. The Morgan fingerprint density at radius 2 is 2.24 bits per heavy atom. The van der Waals surface area contributed by atoms with E-state index >= 15 is 0 Å². The molecule has 2 rings (SSSR count). The molecule has 0 aromatic carbocycles. The van der Waals surface area contributed by atoms with Gasteiger partial charge in [-0.05, 0) is 45.1 Å². The van der Waals surface area contributed by atoms with Gasteiger partial charge in [-0.2, -0.15) is 0 Å². The second-order valence-corrected chi connectivity index (χ2v) is 6.19. The molecule has 5 heteroatoms. The number of hydrogen-bond acceptors (Lipinski definition) is 5. The molecule has 1 N–H and O–H groups in total. The summed E-state index contributed by atoms with van der Waals surface area (Å²) in [5.74, 6) is -0.157. The summed E-state index contributed by atoms with van der Waals surface area (Å²) in [5, 5.41) is 3.38. The molecule has 0 amide bonds. The first-order valence-electron chi connectivity index (χ1n) is 8.27. The van der Waals surface area contributed by atoms with Crippen molar-refractivity contribution in [1.29, 1.82) is 0 Å². The molecule has 2 aliphatic rings. The van der Waals surface area contributed by atoms with Crippen molar-refractivity contribution in [3.63, 3.8) is 0 Å². The van der Waals surface area contributed by atoms with Crippen LogP contribution < -0.4 is 5.32 Å². The number of carbonyl (C=O) groups is 1. The molecule has 1 aliphatic heterocycles. The highest BCUT2D eigenvalue weighted by atomic mass is 16.5. The molecule has 0 spiro atoms. The Labute approximate surface area is 127 Å². The molecule has 1 saturated carbocycles. The van der Waals surface area contributed by atoms with Gasteiger partial charge in [-0.3, -0.25) is 4.79 Å². The second kappa shape index (κ2) is 8.11. The van der Waals surface area contributed by atoms with E-state index in [2.05, 4.69) is 12.2 Å². The van der Waals surface area contributed by atoms with Gasteiger partial charge in [0.2, 0.25) is 0 Å². The summed E-state index contributed by atoms with van der Waals surface area (Å²) in [4.78, 5) is 12.1. The zero-order valence-electron chi connectivity index (χ0n) is 13.4. The molecule has 5 nitrogen and oxygen atoms in total. The summed E-state index contributed by atoms with van der Waals surface area (Å²) >= 11 is 0. The number of rotatable bonds is 7. The van der Waals surface area contributed by atoms with Gasteiger partial charge in [0, 0.05) is 13.0 Å². The monoisotopic (exact) mass is 299 g/mol. The Kier molecular flexibility index (Phi) is 6.45. The lowest BCUT2D eigenvalue weighted by molar-refractivity contribution is -0.149. The van der Waals surface area contributed by atoms with Gasteiger partial charge in [-0.1, -0.05) is 6.92 Å². The predicted octanol–water partition coefficient (Wildman–Crippen LogP) is 2.04. The summed E-state index contributed by atoms with van der Waals surface area (Å²) in [6.07, 6.45) is 7.22. The maximum absolute atomic E-state index is 12.1. The predicted molar refractivity (Wildman–Crippen MR) is 80.2 cm³/mol. The van der Waals surface area contributed by atoms with Crippen LogP contribution in [0.3, 0.4) is 0 Å². The first-order chi connectivity index (χ1) is 10.2. The van der Waals surface area contributed by atoms with Crippen LogP contribution in [0, 0.1) is 0 Å². The topological polar surface area (TPSA) is 56.8 Å². The molecular formula is C16H29NO4. The average molecular weight is 299 g/mol. The Hall–Kier alpha value is -0.650. The normalized spacial score (nSPS) is 33.0. The second-order valence-electron chi connectivity index (χ2n) is 6.19. The molecule has 3 atom stereocenters. The van der Waals surface area contributed by atoms with Gasteiger partial charge in [-0.25, -0.2) is 0 Å². The molecule has 122 valence electrons. The molecule has 1 aliphatic carbocycles. The third kappa shape index (κ3) is 4.41. The molecule has 0 aromatic heterocycles. The fourth-order valence-corrected chi connectivity index (χ4v) is 3.30. The number of hydrogen-bond donors (Lipinski definition) is 1. The molecular weight excluding hydrogens is 270 g/mol. The Bertz CT molecular complexity index is 330. The van der Waals surface area contributed by atoms with Crippen molar-refractivity contribution in [3.8, 4) is 0 Å². The highest BCUT2D eigenvalue weighted by molar-refractivity contribution is 5.81. The van der Waals surface area contributed by atoms with Crippen molar-refractivity contribution < 1.29 is 19.0 Å². The van der Waals surface area contributed by atoms with E-state index in [4.69, 9.17) is 14.2 Å². The molecule has 1 heterocycles. The lowest BCUT2D eigenvalue weighted by Gasteiger charge is -2.28. The van der Waals surface area contributed by atoms with Gasteiger partial charge in [0.05, 0.1) is 25.9 Å². The maximum atomic E-state index is 12.1. The lowest BCUT2D eigenvalue weighted by Crippen LogP contribution is -2.51. The number of ether oxygens (including phenoxy) is 3. The van der Waals surface area contributed by atoms with E-state index in [0.717, 1.165) is 45.3 Å². The fraction of sp³-hybridized carbons (Fsp3) is 0.938. The van der Waals surface area contributed by atoms with Crippen LogP contribution in [0.1, 0.15) is 51.9 Å². The summed E-state index contributed by atoms with van der Waals surface area (Å²) < 4.78 is 16.7. The number of carbonyl (C=O) groups excluding carboxylic acids is 1. The van der Waals surface area contributed by atoms with Crippen LogP contribution in [0.15, 0.2) is 0 Å². The van der Waals surface area contributed by atoms with E-state index in [1.54, 1.807) is 0 Å². The molecule has 2 fully saturated rings. The van der Waals surface area contributed by atoms with Crippen LogP contribution in [0.5, 0.6) is 0 Å². The highest BCUT2D eigenvalue weighted by Crippen LogP contribution is 2.33.